The maximum atomic E-state index is 11.4. The second-order valence-corrected chi connectivity index (χ2v) is 6.38. The Kier molecular flexibility index (Phi) is 6.45. The zero-order valence-electron chi connectivity index (χ0n) is 11.0. The molecule has 0 radical (unpaired) electrons. The molecule has 0 aliphatic heterocycles. The van der Waals surface area contributed by atoms with Crippen molar-refractivity contribution in [1.29, 1.82) is 0 Å². The van der Waals surface area contributed by atoms with Crippen molar-refractivity contribution in [2.45, 2.75) is 26.8 Å². The summed E-state index contributed by atoms with van der Waals surface area (Å²) in [7, 11) is -0.676. The Bertz CT molecular complexity index is 337. The molecular weight excluding hydrogens is 230 g/mol. The number of hydrogen-bond acceptors (Lipinski definition) is 2. The molecule has 2 nitrogen and oxygen atoms in total. The van der Waals surface area contributed by atoms with E-state index in [1.54, 1.807) is 0 Å². The van der Waals surface area contributed by atoms with Gasteiger partial charge in [0.2, 0.25) is 0 Å². The SMILES string of the molecule is CCS(=O)CCNC(c1ccccc1)C(C)C. The predicted molar refractivity (Wildman–Crippen MR) is 75.6 cm³/mol. The highest BCUT2D eigenvalue weighted by Crippen LogP contribution is 2.20. The van der Waals surface area contributed by atoms with E-state index in [0.717, 1.165) is 18.1 Å². The zero-order valence-corrected chi connectivity index (χ0v) is 11.8. The van der Waals surface area contributed by atoms with E-state index in [2.05, 4.69) is 43.4 Å². The van der Waals surface area contributed by atoms with Crippen LogP contribution in [-0.4, -0.2) is 22.3 Å². The van der Waals surface area contributed by atoms with E-state index in [4.69, 9.17) is 0 Å². The Morgan fingerprint density at radius 3 is 2.41 bits per heavy atom. The van der Waals surface area contributed by atoms with E-state index in [1.807, 2.05) is 13.0 Å². The summed E-state index contributed by atoms with van der Waals surface area (Å²) in [6, 6.07) is 10.8. The van der Waals surface area contributed by atoms with Gasteiger partial charge in [-0.25, -0.2) is 0 Å². The van der Waals surface area contributed by atoms with Crippen LogP contribution < -0.4 is 5.32 Å². The van der Waals surface area contributed by atoms with Crippen LogP contribution in [0.25, 0.3) is 0 Å². The molecule has 3 heteroatoms. The summed E-state index contributed by atoms with van der Waals surface area (Å²) in [6.07, 6.45) is 0. The van der Waals surface area contributed by atoms with Gasteiger partial charge in [-0.1, -0.05) is 51.1 Å². The molecule has 1 rings (SSSR count). The van der Waals surface area contributed by atoms with E-state index >= 15 is 0 Å². The second-order valence-electron chi connectivity index (χ2n) is 4.52. The average molecular weight is 253 g/mol. The molecule has 0 bridgehead atoms. The van der Waals surface area contributed by atoms with Gasteiger partial charge in [-0.2, -0.15) is 0 Å². The van der Waals surface area contributed by atoms with Crippen molar-refractivity contribution in [2.75, 3.05) is 18.1 Å². The van der Waals surface area contributed by atoms with Gasteiger partial charge < -0.3 is 5.32 Å². The summed E-state index contributed by atoms with van der Waals surface area (Å²) in [4.78, 5) is 0. The van der Waals surface area contributed by atoms with Crippen molar-refractivity contribution in [3.05, 3.63) is 35.9 Å². The third-order valence-corrected chi connectivity index (χ3v) is 4.14. The topological polar surface area (TPSA) is 29.1 Å². The van der Waals surface area contributed by atoms with E-state index < -0.39 is 10.8 Å². The first kappa shape index (κ1) is 14.4. The van der Waals surface area contributed by atoms with Crippen LogP contribution in [0, 0.1) is 5.92 Å². The summed E-state index contributed by atoms with van der Waals surface area (Å²) in [6.45, 7) is 7.20. The van der Waals surface area contributed by atoms with Gasteiger partial charge in [0.1, 0.15) is 0 Å². The van der Waals surface area contributed by atoms with Crippen LogP contribution >= 0.6 is 0 Å². The molecular formula is C14H23NOS. The molecule has 0 saturated carbocycles. The monoisotopic (exact) mass is 253 g/mol. The quantitative estimate of drug-likeness (QED) is 0.809. The molecule has 2 atom stereocenters. The molecule has 17 heavy (non-hydrogen) atoms. The molecule has 0 heterocycles. The number of benzene rings is 1. The van der Waals surface area contributed by atoms with Crippen molar-refractivity contribution >= 4 is 10.8 Å². The lowest BCUT2D eigenvalue weighted by molar-refractivity contribution is 0.422. The largest absolute Gasteiger partial charge is 0.309 e. The molecule has 1 N–H and O–H groups in total. The van der Waals surface area contributed by atoms with Crippen molar-refractivity contribution < 1.29 is 4.21 Å². The van der Waals surface area contributed by atoms with Crippen LogP contribution in [0.4, 0.5) is 0 Å². The fourth-order valence-corrected chi connectivity index (χ4v) is 2.51. The van der Waals surface area contributed by atoms with E-state index in [1.165, 1.54) is 5.56 Å². The number of hydrogen-bond donors (Lipinski definition) is 1. The van der Waals surface area contributed by atoms with Crippen LogP contribution in [0.1, 0.15) is 32.4 Å². The van der Waals surface area contributed by atoms with Crippen LogP contribution in [0.2, 0.25) is 0 Å². The van der Waals surface area contributed by atoms with Crippen LogP contribution in [-0.2, 0) is 10.8 Å². The molecule has 0 aliphatic carbocycles. The van der Waals surface area contributed by atoms with E-state index in [-0.39, 0.29) is 0 Å². The van der Waals surface area contributed by atoms with Gasteiger partial charge in [0.05, 0.1) is 0 Å². The first-order chi connectivity index (χ1) is 8.15. The number of rotatable bonds is 7. The van der Waals surface area contributed by atoms with Crippen molar-refractivity contribution in [2.24, 2.45) is 5.92 Å². The first-order valence-electron chi connectivity index (χ1n) is 6.28. The fourth-order valence-electron chi connectivity index (χ4n) is 1.87. The lowest BCUT2D eigenvalue weighted by Gasteiger charge is -2.22. The van der Waals surface area contributed by atoms with Crippen molar-refractivity contribution in [3.8, 4) is 0 Å². The summed E-state index contributed by atoms with van der Waals surface area (Å²) in [5.74, 6) is 2.03. The fraction of sp³-hybridized carbons (Fsp3) is 0.571. The molecule has 2 unspecified atom stereocenters. The van der Waals surface area contributed by atoms with E-state index in [0.29, 0.717) is 12.0 Å². The maximum absolute atomic E-state index is 11.4. The minimum atomic E-state index is -0.676. The highest BCUT2D eigenvalue weighted by molar-refractivity contribution is 7.84. The molecule has 0 spiro atoms. The Morgan fingerprint density at radius 1 is 1.24 bits per heavy atom. The minimum Gasteiger partial charge on any atom is -0.309 e. The molecule has 0 aliphatic rings. The molecule has 1 aromatic rings. The van der Waals surface area contributed by atoms with Crippen molar-refractivity contribution in [3.63, 3.8) is 0 Å². The molecule has 0 amide bonds. The third-order valence-electron chi connectivity index (χ3n) is 2.84. The summed E-state index contributed by atoms with van der Waals surface area (Å²) in [5.41, 5.74) is 1.31. The highest BCUT2D eigenvalue weighted by Gasteiger charge is 2.14. The van der Waals surface area contributed by atoms with Crippen LogP contribution in [0.5, 0.6) is 0 Å². The maximum Gasteiger partial charge on any atom is 0.0360 e. The third kappa shape index (κ3) is 5.00. The molecule has 0 aromatic heterocycles. The first-order valence-corrected chi connectivity index (χ1v) is 7.77. The van der Waals surface area contributed by atoms with Crippen LogP contribution in [0.15, 0.2) is 30.3 Å². The van der Waals surface area contributed by atoms with Gasteiger partial charge in [0, 0.05) is 34.9 Å². The lowest BCUT2D eigenvalue weighted by atomic mass is 9.96. The van der Waals surface area contributed by atoms with Gasteiger partial charge in [-0.3, -0.25) is 4.21 Å². The lowest BCUT2D eigenvalue weighted by Crippen LogP contribution is -2.29. The summed E-state index contributed by atoms with van der Waals surface area (Å²) >= 11 is 0. The smallest absolute Gasteiger partial charge is 0.0360 e. The highest BCUT2D eigenvalue weighted by atomic mass is 32.2. The molecule has 0 saturated heterocycles. The Morgan fingerprint density at radius 2 is 1.88 bits per heavy atom. The minimum absolute atomic E-state index is 0.352. The van der Waals surface area contributed by atoms with Crippen LogP contribution in [0.3, 0.4) is 0 Å². The molecule has 0 fully saturated rings. The predicted octanol–water partition coefficient (Wildman–Crippen LogP) is 2.74. The second kappa shape index (κ2) is 7.62. The summed E-state index contributed by atoms with van der Waals surface area (Å²) in [5, 5.41) is 3.51. The number of nitrogens with one attached hydrogen (secondary N) is 1. The Labute approximate surface area is 107 Å². The Hall–Kier alpha value is -0.670. The van der Waals surface area contributed by atoms with Gasteiger partial charge in [0.25, 0.3) is 0 Å². The normalized spacial score (nSPS) is 14.8. The molecule has 1 aromatic carbocycles. The summed E-state index contributed by atoms with van der Waals surface area (Å²) < 4.78 is 11.4. The van der Waals surface area contributed by atoms with Gasteiger partial charge in [0.15, 0.2) is 0 Å². The molecule has 96 valence electrons. The van der Waals surface area contributed by atoms with Gasteiger partial charge >= 0.3 is 0 Å². The van der Waals surface area contributed by atoms with Gasteiger partial charge in [-0.15, -0.1) is 0 Å². The Balaban J connectivity index is 2.53. The average Bonchev–Trinajstić information content (AvgIpc) is 2.34. The van der Waals surface area contributed by atoms with Gasteiger partial charge in [-0.05, 0) is 11.5 Å². The van der Waals surface area contributed by atoms with Crippen molar-refractivity contribution in [1.82, 2.24) is 5.32 Å². The standard InChI is InChI=1S/C14H23NOS/c1-4-17(16)11-10-15-14(12(2)3)13-8-6-5-7-9-13/h5-9,12,14-15H,4,10-11H2,1-3H3. The van der Waals surface area contributed by atoms with E-state index in [9.17, 15) is 4.21 Å². The zero-order chi connectivity index (χ0) is 12.7.